The van der Waals surface area contributed by atoms with Gasteiger partial charge in [0.05, 0.1) is 24.0 Å². The summed E-state index contributed by atoms with van der Waals surface area (Å²) in [5.74, 6) is -2.28. The number of halogens is 7. The Morgan fingerprint density at radius 1 is 1.08 bits per heavy atom. The first kappa shape index (κ1) is 25.2. The number of rotatable bonds is 2. The molecule has 3 amide bonds. The molecule has 0 aromatic heterocycles. The Balaban J connectivity index is 1.57. The lowest BCUT2D eigenvalue weighted by Crippen LogP contribution is -2.48. The summed E-state index contributed by atoms with van der Waals surface area (Å²) in [7, 11) is 0. The molecule has 0 saturated carbocycles. The van der Waals surface area contributed by atoms with Gasteiger partial charge in [-0.3, -0.25) is 9.69 Å². The summed E-state index contributed by atoms with van der Waals surface area (Å²) in [5, 5.41) is 15.6. The van der Waals surface area contributed by atoms with Gasteiger partial charge in [0.1, 0.15) is 11.6 Å². The monoisotopic (exact) mass is 557 g/mol. The molecule has 3 aromatic carbocycles. The molecule has 3 N–H and O–H groups in total. The van der Waals surface area contributed by atoms with E-state index in [1.54, 1.807) is 0 Å². The normalized spacial score (nSPS) is 20.5. The quantitative estimate of drug-likeness (QED) is 0.343. The number of amides is 3. The van der Waals surface area contributed by atoms with Crippen LogP contribution in [0.5, 0.6) is 0 Å². The largest absolute Gasteiger partial charge is 0.423 e. The van der Waals surface area contributed by atoms with Gasteiger partial charge in [-0.1, -0.05) is 23.2 Å². The van der Waals surface area contributed by atoms with Crippen LogP contribution in [0.3, 0.4) is 0 Å². The van der Waals surface area contributed by atoms with E-state index in [9.17, 15) is 36.6 Å². The lowest BCUT2D eigenvalue weighted by Gasteiger charge is -2.27. The molecular weight excluding hydrogens is 544 g/mol. The van der Waals surface area contributed by atoms with Crippen LogP contribution in [0.25, 0.3) is 0 Å². The van der Waals surface area contributed by atoms with E-state index in [4.69, 9.17) is 23.2 Å². The van der Waals surface area contributed by atoms with Gasteiger partial charge in [-0.15, -0.1) is 0 Å². The number of nitrogens with zero attached hydrogens (tertiary/aromatic N) is 1. The van der Waals surface area contributed by atoms with Crippen LogP contribution in [-0.4, -0.2) is 29.8 Å². The Bertz CT molecular complexity index is 1480. The molecule has 0 saturated heterocycles. The van der Waals surface area contributed by atoms with Crippen LogP contribution in [0.15, 0.2) is 48.5 Å². The average Bonchev–Trinajstić information content (AvgIpc) is 3.30. The number of β-amino-alcohol motifs (C(OH)–C–C–N with tert-alkyl or cyclic N) is 1. The topological polar surface area (TPSA) is 81.7 Å². The zero-order chi connectivity index (χ0) is 26.9. The highest BCUT2D eigenvalue weighted by Gasteiger charge is 2.61. The molecule has 5 rings (SSSR count). The van der Waals surface area contributed by atoms with E-state index >= 15 is 0 Å². The Kier molecular flexibility index (Phi) is 5.85. The van der Waals surface area contributed by atoms with Crippen molar-refractivity contribution < 1.29 is 36.6 Å². The zero-order valence-electron chi connectivity index (χ0n) is 18.3. The van der Waals surface area contributed by atoms with Crippen LogP contribution >= 0.6 is 23.2 Å². The second kappa shape index (κ2) is 8.57. The van der Waals surface area contributed by atoms with Crippen LogP contribution < -0.4 is 15.5 Å². The number of fused-ring (bicyclic) bond motifs is 2. The summed E-state index contributed by atoms with van der Waals surface area (Å²) >= 11 is 12.4. The van der Waals surface area contributed by atoms with Gasteiger partial charge in [-0.05, 0) is 48.5 Å². The van der Waals surface area contributed by atoms with Crippen LogP contribution in [0.4, 0.5) is 38.1 Å². The summed E-state index contributed by atoms with van der Waals surface area (Å²) < 4.78 is 69.1. The van der Waals surface area contributed by atoms with Crippen molar-refractivity contribution in [2.24, 2.45) is 0 Å². The molecule has 0 bridgehead atoms. The maximum absolute atomic E-state index is 14.0. The number of carbonyl (C=O) groups excluding carboxylic acids is 2. The molecule has 2 aliphatic heterocycles. The predicted molar refractivity (Wildman–Crippen MR) is 125 cm³/mol. The summed E-state index contributed by atoms with van der Waals surface area (Å²) in [4.78, 5) is 26.5. The molecule has 0 spiro atoms. The first-order valence-corrected chi connectivity index (χ1v) is 11.3. The smallest absolute Gasteiger partial charge is 0.375 e. The van der Waals surface area contributed by atoms with Gasteiger partial charge in [-0.25, -0.2) is 13.6 Å². The lowest BCUT2D eigenvalue weighted by atomic mass is 9.95. The molecule has 2 aliphatic rings. The van der Waals surface area contributed by atoms with Crippen LogP contribution in [-0.2, 0) is 5.60 Å². The van der Waals surface area contributed by atoms with Crippen molar-refractivity contribution >= 4 is 46.5 Å². The fraction of sp³-hybridized carbons (Fsp3) is 0.167. The highest BCUT2D eigenvalue weighted by molar-refractivity contribution is 6.32. The fourth-order valence-electron chi connectivity index (χ4n) is 4.55. The number of hydrogen-bond donors (Lipinski definition) is 3. The van der Waals surface area contributed by atoms with E-state index in [1.165, 1.54) is 18.2 Å². The Hall–Kier alpha value is -3.41. The Labute approximate surface area is 215 Å². The van der Waals surface area contributed by atoms with E-state index in [2.05, 4.69) is 10.6 Å². The third-order valence-electron chi connectivity index (χ3n) is 6.26. The van der Waals surface area contributed by atoms with Crippen molar-refractivity contribution in [3.05, 3.63) is 92.5 Å². The van der Waals surface area contributed by atoms with Gasteiger partial charge in [0.2, 0.25) is 5.60 Å². The minimum absolute atomic E-state index is 0.0193. The highest BCUT2D eigenvalue weighted by atomic mass is 35.5. The minimum atomic E-state index is -5.22. The molecule has 0 unspecified atom stereocenters. The molecule has 6 nitrogen and oxygen atoms in total. The predicted octanol–water partition coefficient (Wildman–Crippen LogP) is 5.91. The average molecular weight is 558 g/mol. The number of carbonyl (C=O) groups is 2. The number of alkyl halides is 3. The Morgan fingerprint density at radius 3 is 2.46 bits per heavy atom. The minimum Gasteiger partial charge on any atom is -0.375 e. The number of aliphatic hydroxyl groups is 1. The molecule has 0 fully saturated rings. The third-order valence-corrected chi connectivity index (χ3v) is 6.82. The molecule has 192 valence electrons. The number of anilines is 2. The summed E-state index contributed by atoms with van der Waals surface area (Å²) in [6.07, 6.45) is -5.22. The van der Waals surface area contributed by atoms with E-state index in [1.807, 2.05) is 0 Å². The standard InChI is InChI=1S/C24H14Cl2F5N3O3/c25-10-5-14-19(20(33-21(14)35)13-7-11(27)1-3-16(13)26)17(6-10)32-22(36)34-9-23(37,24(29,30)31)15-8-12(28)2-4-18(15)34/h1-8,20,37H,9H2,(H,32,36)(H,33,35)/t20-,23+/m0/s1. The van der Waals surface area contributed by atoms with Gasteiger partial charge in [0.15, 0.2) is 0 Å². The van der Waals surface area contributed by atoms with Gasteiger partial charge < -0.3 is 15.7 Å². The molecule has 13 heteroatoms. The van der Waals surface area contributed by atoms with Crippen LogP contribution in [0, 0.1) is 11.6 Å². The second-order valence-corrected chi connectivity index (χ2v) is 9.37. The Morgan fingerprint density at radius 2 is 1.76 bits per heavy atom. The van der Waals surface area contributed by atoms with E-state index in [0.717, 1.165) is 24.3 Å². The molecule has 0 aliphatic carbocycles. The van der Waals surface area contributed by atoms with Gasteiger partial charge in [-0.2, -0.15) is 13.2 Å². The van der Waals surface area contributed by atoms with E-state index < -0.39 is 53.5 Å². The van der Waals surface area contributed by atoms with Crippen molar-refractivity contribution in [2.45, 2.75) is 17.8 Å². The molecule has 2 atom stereocenters. The second-order valence-electron chi connectivity index (χ2n) is 8.52. The maximum Gasteiger partial charge on any atom is 0.423 e. The first-order valence-electron chi connectivity index (χ1n) is 10.6. The lowest BCUT2D eigenvalue weighted by molar-refractivity contribution is -0.258. The van der Waals surface area contributed by atoms with Crippen LogP contribution in [0.2, 0.25) is 10.0 Å². The molecule has 37 heavy (non-hydrogen) atoms. The number of urea groups is 1. The molecular formula is C24H14Cl2F5N3O3. The van der Waals surface area contributed by atoms with Crippen LogP contribution in [0.1, 0.15) is 33.1 Å². The third kappa shape index (κ3) is 4.07. The number of nitrogens with one attached hydrogen (secondary N) is 2. The highest BCUT2D eigenvalue weighted by Crippen LogP contribution is 2.49. The van der Waals surface area contributed by atoms with E-state index in [-0.39, 0.29) is 38.1 Å². The van der Waals surface area contributed by atoms with Crippen molar-refractivity contribution in [1.29, 1.82) is 0 Å². The zero-order valence-corrected chi connectivity index (χ0v) is 19.8. The number of hydrogen-bond acceptors (Lipinski definition) is 3. The van der Waals surface area contributed by atoms with Crippen molar-refractivity contribution in [2.75, 3.05) is 16.8 Å². The summed E-state index contributed by atoms with van der Waals surface area (Å²) in [6.45, 7) is -1.25. The van der Waals surface area contributed by atoms with Gasteiger partial charge in [0, 0.05) is 32.3 Å². The first-order chi connectivity index (χ1) is 17.3. The fourth-order valence-corrected chi connectivity index (χ4v) is 5.00. The van der Waals surface area contributed by atoms with Crippen molar-refractivity contribution in [1.82, 2.24) is 5.32 Å². The molecule has 2 heterocycles. The van der Waals surface area contributed by atoms with Gasteiger partial charge in [0.25, 0.3) is 5.91 Å². The van der Waals surface area contributed by atoms with Gasteiger partial charge >= 0.3 is 12.2 Å². The maximum atomic E-state index is 14.0. The van der Waals surface area contributed by atoms with Crippen molar-refractivity contribution in [3.63, 3.8) is 0 Å². The summed E-state index contributed by atoms with van der Waals surface area (Å²) in [6, 6.07) is 6.22. The van der Waals surface area contributed by atoms with Crippen molar-refractivity contribution in [3.8, 4) is 0 Å². The summed E-state index contributed by atoms with van der Waals surface area (Å²) in [5.41, 5.74) is -4.43. The van der Waals surface area contributed by atoms with E-state index in [0.29, 0.717) is 11.0 Å². The SMILES string of the molecule is O=C1N[C@@H](c2cc(F)ccc2Cl)c2c(NC(=O)N3C[C@](O)(C(F)(F)F)c4cc(F)ccc43)cc(Cl)cc21. The molecule has 0 radical (unpaired) electrons. The molecule has 3 aromatic rings. The number of benzene rings is 3.